The minimum Gasteiger partial charge on any atom is -0.494 e. The molecule has 0 amide bonds. The summed E-state index contributed by atoms with van der Waals surface area (Å²) in [5.41, 5.74) is 1.23. The Bertz CT molecular complexity index is 736. The van der Waals surface area contributed by atoms with E-state index in [1.165, 1.54) is 11.4 Å². The number of rotatable bonds is 6. The number of sulfonamides is 1. The molecule has 0 N–H and O–H groups in total. The van der Waals surface area contributed by atoms with Crippen molar-refractivity contribution in [2.45, 2.75) is 25.2 Å². The van der Waals surface area contributed by atoms with Gasteiger partial charge in [-0.3, -0.25) is 8.99 Å². The lowest BCUT2D eigenvalue weighted by Crippen LogP contribution is -2.26. The molecule has 6 nitrogen and oxygen atoms in total. The molecule has 22 heavy (non-hydrogen) atoms. The minimum atomic E-state index is -3.61. The Hall–Kier alpha value is -2.02. The molecule has 1 aromatic carbocycles. The number of hydrogen-bond acceptors (Lipinski definition) is 4. The van der Waals surface area contributed by atoms with Crippen molar-refractivity contribution in [1.29, 1.82) is 0 Å². The zero-order valence-corrected chi connectivity index (χ0v) is 14.1. The van der Waals surface area contributed by atoms with Crippen LogP contribution in [0, 0.1) is 6.92 Å². The van der Waals surface area contributed by atoms with Crippen LogP contribution >= 0.6 is 0 Å². The van der Waals surface area contributed by atoms with Gasteiger partial charge in [0.05, 0.1) is 22.9 Å². The summed E-state index contributed by atoms with van der Waals surface area (Å²) in [6.45, 7) is 4.41. The predicted molar refractivity (Wildman–Crippen MR) is 85.8 cm³/mol. The molecular weight excluding hydrogens is 302 g/mol. The first kappa shape index (κ1) is 16.4. The third-order valence-corrected chi connectivity index (χ3v) is 5.07. The lowest BCUT2D eigenvalue weighted by atomic mass is 10.3. The Morgan fingerprint density at radius 3 is 2.41 bits per heavy atom. The Balaban J connectivity index is 2.28. The molecule has 0 bridgehead atoms. The van der Waals surface area contributed by atoms with Crippen molar-refractivity contribution in [3.05, 3.63) is 36.2 Å². The molecule has 0 aliphatic heterocycles. The number of ether oxygens (including phenoxy) is 1. The van der Waals surface area contributed by atoms with Gasteiger partial charge in [0.1, 0.15) is 5.75 Å². The van der Waals surface area contributed by atoms with Crippen LogP contribution in [0.25, 0.3) is 0 Å². The highest BCUT2D eigenvalue weighted by molar-refractivity contribution is 7.92. The molecule has 1 aromatic heterocycles. The fourth-order valence-corrected chi connectivity index (χ4v) is 3.35. The third kappa shape index (κ3) is 3.24. The van der Waals surface area contributed by atoms with Gasteiger partial charge in [0, 0.05) is 20.3 Å². The number of anilines is 1. The van der Waals surface area contributed by atoms with E-state index in [1.54, 1.807) is 49.1 Å². The molecule has 0 atom stereocenters. The van der Waals surface area contributed by atoms with Gasteiger partial charge >= 0.3 is 0 Å². The summed E-state index contributed by atoms with van der Waals surface area (Å²) in [5, 5.41) is 4.18. The molecule has 120 valence electrons. The topological polar surface area (TPSA) is 64.4 Å². The van der Waals surface area contributed by atoms with E-state index in [4.69, 9.17) is 4.74 Å². The molecule has 0 unspecified atom stereocenters. The standard InChI is InChI=1S/C15H21N3O3S/c1-5-10-21-13-6-8-14(9-7-13)22(19,20)18(4)15-11-17(3)16-12(15)2/h6-9,11H,5,10H2,1-4H3. The van der Waals surface area contributed by atoms with Gasteiger partial charge in [0.15, 0.2) is 0 Å². The van der Waals surface area contributed by atoms with Crippen LogP contribution in [-0.2, 0) is 17.1 Å². The second-order valence-electron chi connectivity index (χ2n) is 5.07. The van der Waals surface area contributed by atoms with Gasteiger partial charge in [0.25, 0.3) is 10.0 Å². The largest absolute Gasteiger partial charge is 0.494 e. The van der Waals surface area contributed by atoms with Gasteiger partial charge in [0.2, 0.25) is 0 Å². The maximum absolute atomic E-state index is 12.7. The quantitative estimate of drug-likeness (QED) is 0.818. The van der Waals surface area contributed by atoms with Gasteiger partial charge in [-0.2, -0.15) is 5.10 Å². The summed E-state index contributed by atoms with van der Waals surface area (Å²) in [6, 6.07) is 6.46. The van der Waals surface area contributed by atoms with Crippen LogP contribution < -0.4 is 9.04 Å². The first-order chi connectivity index (χ1) is 10.4. The molecule has 2 rings (SSSR count). The Morgan fingerprint density at radius 2 is 1.91 bits per heavy atom. The molecule has 0 radical (unpaired) electrons. The maximum Gasteiger partial charge on any atom is 0.264 e. The summed E-state index contributed by atoms with van der Waals surface area (Å²) in [4.78, 5) is 0.224. The van der Waals surface area contributed by atoms with Gasteiger partial charge in [-0.05, 0) is 37.6 Å². The molecule has 1 heterocycles. The Labute approximate surface area is 131 Å². The lowest BCUT2D eigenvalue weighted by molar-refractivity contribution is 0.317. The van der Waals surface area contributed by atoms with Crippen LogP contribution in [0.4, 0.5) is 5.69 Å². The summed E-state index contributed by atoms with van der Waals surface area (Å²) >= 11 is 0. The Morgan fingerprint density at radius 1 is 1.27 bits per heavy atom. The van der Waals surface area contributed by atoms with E-state index in [1.807, 2.05) is 6.92 Å². The second kappa shape index (κ2) is 6.39. The molecule has 0 fully saturated rings. The van der Waals surface area contributed by atoms with Crippen LogP contribution in [0.2, 0.25) is 0 Å². The number of aromatic nitrogens is 2. The maximum atomic E-state index is 12.7. The number of nitrogens with zero attached hydrogens (tertiary/aromatic N) is 3. The summed E-state index contributed by atoms with van der Waals surface area (Å²) in [7, 11) is -0.325. The van der Waals surface area contributed by atoms with Crippen molar-refractivity contribution in [3.8, 4) is 5.75 Å². The van der Waals surface area contributed by atoms with E-state index >= 15 is 0 Å². The molecule has 0 spiro atoms. The van der Waals surface area contributed by atoms with E-state index in [-0.39, 0.29) is 4.90 Å². The highest BCUT2D eigenvalue weighted by Gasteiger charge is 2.23. The molecule has 0 aliphatic carbocycles. The van der Waals surface area contributed by atoms with Crippen molar-refractivity contribution < 1.29 is 13.2 Å². The highest BCUT2D eigenvalue weighted by atomic mass is 32.2. The lowest BCUT2D eigenvalue weighted by Gasteiger charge is -2.18. The van der Waals surface area contributed by atoms with Gasteiger partial charge in [-0.25, -0.2) is 8.42 Å². The van der Waals surface area contributed by atoms with Crippen molar-refractivity contribution in [3.63, 3.8) is 0 Å². The van der Waals surface area contributed by atoms with Crippen molar-refractivity contribution in [2.75, 3.05) is 18.0 Å². The SMILES string of the molecule is CCCOc1ccc(S(=O)(=O)N(C)c2cn(C)nc2C)cc1. The van der Waals surface area contributed by atoms with E-state index < -0.39 is 10.0 Å². The molecular formula is C15H21N3O3S. The number of aryl methyl sites for hydroxylation is 2. The van der Waals surface area contributed by atoms with E-state index in [0.29, 0.717) is 23.7 Å². The van der Waals surface area contributed by atoms with Crippen LogP contribution in [0.15, 0.2) is 35.4 Å². The Kier molecular flexibility index (Phi) is 4.75. The molecule has 0 saturated carbocycles. The van der Waals surface area contributed by atoms with Gasteiger partial charge in [-0.1, -0.05) is 6.92 Å². The van der Waals surface area contributed by atoms with E-state index in [9.17, 15) is 8.42 Å². The van der Waals surface area contributed by atoms with Crippen LogP contribution in [-0.4, -0.2) is 31.9 Å². The van der Waals surface area contributed by atoms with Crippen molar-refractivity contribution in [1.82, 2.24) is 9.78 Å². The zero-order chi connectivity index (χ0) is 16.3. The molecule has 7 heteroatoms. The smallest absolute Gasteiger partial charge is 0.264 e. The van der Waals surface area contributed by atoms with E-state index in [0.717, 1.165) is 6.42 Å². The van der Waals surface area contributed by atoms with E-state index in [2.05, 4.69) is 5.10 Å². The number of benzene rings is 1. The first-order valence-corrected chi connectivity index (χ1v) is 8.52. The molecule has 0 aliphatic rings. The van der Waals surface area contributed by atoms with Crippen molar-refractivity contribution in [2.24, 2.45) is 7.05 Å². The predicted octanol–water partition coefficient (Wildman–Crippen LogP) is 2.34. The van der Waals surface area contributed by atoms with Gasteiger partial charge < -0.3 is 4.74 Å². The summed E-state index contributed by atoms with van der Waals surface area (Å²) in [5.74, 6) is 0.668. The zero-order valence-electron chi connectivity index (χ0n) is 13.3. The average Bonchev–Trinajstić information content (AvgIpc) is 2.83. The monoisotopic (exact) mass is 323 g/mol. The number of hydrogen-bond donors (Lipinski definition) is 0. The first-order valence-electron chi connectivity index (χ1n) is 7.08. The fraction of sp³-hybridized carbons (Fsp3) is 0.400. The minimum absolute atomic E-state index is 0.224. The van der Waals surface area contributed by atoms with Gasteiger partial charge in [-0.15, -0.1) is 0 Å². The molecule has 0 saturated heterocycles. The summed E-state index contributed by atoms with van der Waals surface area (Å²) < 4.78 is 33.6. The van der Waals surface area contributed by atoms with Crippen LogP contribution in [0.1, 0.15) is 19.0 Å². The normalized spacial score (nSPS) is 11.5. The average molecular weight is 323 g/mol. The molecule has 2 aromatic rings. The van der Waals surface area contributed by atoms with Crippen LogP contribution in [0.3, 0.4) is 0 Å². The fourth-order valence-electron chi connectivity index (χ4n) is 2.11. The highest BCUT2D eigenvalue weighted by Crippen LogP contribution is 2.25. The van der Waals surface area contributed by atoms with Crippen molar-refractivity contribution >= 4 is 15.7 Å². The third-order valence-electron chi connectivity index (χ3n) is 3.28. The summed E-state index contributed by atoms with van der Waals surface area (Å²) in [6.07, 6.45) is 2.59. The van der Waals surface area contributed by atoms with Crippen LogP contribution in [0.5, 0.6) is 5.75 Å². The second-order valence-corrected chi connectivity index (χ2v) is 7.04.